The average molecular weight is 469 g/mol. The molecule has 0 bridgehead atoms. The molecule has 35 heavy (non-hydrogen) atoms. The van der Waals surface area contributed by atoms with Crippen molar-refractivity contribution in [1.29, 1.82) is 0 Å². The van der Waals surface area contributed by atoms with Gasteiger partial charge in [0.2, 0.25) is 0 Å². The Labute approximate surface area is 203 Å². The molecule has 2 aromatic carbocycles. The molecule has 0 unspecified atom stereocenters. The first-order chi connectivity index (χ1) is 16.9. The van der Waals surface area contributed by atoms with E-state index in [-0.39, 0.29) is 5.91 Å². The zero-order valence-corrected chi connectivity index (χ0v) is 20.5. The first kappa shape index (κ1) is 22.5. The second kappa shape index (κ2) is 8.83. The molecule has 9 heteroatoms. The number of nitrogens with one attached hydrogen (secondary N) is 2. The fourth-order valence-electron chi connectivity index (χ4n) is 4.39. The lowest BCUT2D eigenvalue weighted by atomic mass is 10.1. The van der Waals surface area contributed by atoms with Gasteiger partial charge in [-0.3, -0.25) is 14.6 Å². The van der Waals surface area contributed by atoms with Gasteiger partial charge in [-0.1, -0.05) is 11.6 Å². The molecular weight excluding hydrogens is 440 g/mol. The highest BCUT2D eigenvalue weighted by molar-refractivity contribution is 6.05. The molecule has 0 fully saturated rings. The Morgan fingerprint density at radius 3 is 2.69 bits per heavy atom. The topological polar surface area (TPSA) is 105 Å². The van der Waals surface area contributed by atoms with Crippen molar-refractivity contribution in [2.75, 3.05) is 19.4 Å². The lowest BCUT2D eigenvalue weighted by molar-refractivity contribution is 0.0781. The maximum absolute atomic E-state index is 13.7. The van der Waals surface area contributed by atoms with Crippen LogP contribution in [0.1, 0.15) is 34.2 Å². The number of nitrogens with zero attached hydrogens (tertiary/aromatic N) is 6. The largest absolute Gasteiger partial charge is 0.388 e. The molecule has 1 amide bonds. The van der Waals surface area contributed by atoms with Gasteiger partial charge in [0.25, 0.3) is 5.91 Å². The van der Waals surface area contributed by atoms with Crippen LogP contribution in [0.4, 0.5) is 5.69 Å². The molecule has 5 rings (SSSR count). The van der Waals surface area contributed by atoms with Crippen molar-refractivity contribution in [3.8, 4) is 11.4 Å². The predicted octanol–water partition coefficient (Wildman–Crippen LogP) is 4.32. The summed E-state index contributed by atoms with van der Waals surface area (Å²) in [5.74, 6) is 0.324. The highest BCUT2D eigenvalue weighted by Gasteiger charge is 2.21. The summed E-state index contributed by atoms with van der Waals surface area (Å²) >= 11 is 0. The normalized spacial score (nSPS) is 11.3. The number of aromatic amines is 1. The smallest absolute Gasteiger partial charge is 0.273 e. The third kappa shape index (κ3) is 3.99. The van der Waals surface area contributed by atoms with Gasteiger partial charge in [0, 0.05) is 60.5 Å². The van der Waals surface area contributed by atoms with Crippen LogP contribution in [0.3, 0.4) is 0 Å². The maximum atomic E-state index is 13.7. The first-order valence-corrected chi connectivity index (χ1v) is 11.6. The number of fused-ring (bicyclic) bond motifs is 2. The summed E-state index contributed by atoms with van der Waals surface area (Å²) in [6.45, 7) is 7.31. The van der Waals surface area contributed by atoms with Gasteiger partial charge in [0.1, 0.15) is 5.69 Å². The molecule has 0 saturated carbocycles. The summed E-state index contributed by atoms with van der Waals surface area (Å²) < 4.78 is 1.93. The van der Waals surface area contributed by atoms with E-state index in [4.69, 9.17) is 9.97 Å². The highest BCUT2D eigenvalue weighted by atomic mass is 16.2. The zero-order valence-electron chi connectivity index (χ0n) is 20.5. The van der Waals surface area contributed by atoms with E-state index >= 15 is 0 Å². The van der Waals surface area contributed by atoms with Crippen LogP contribution < -0.4 is 5.32 Å². The predicted molar refractivity (Wildman–Crippen MR) is 137 cm³/mol. The van der Waals surface area contributed by atoms with E-state index in [0.29, 0.717) is 18.1 Å². The maximum Gasteiger partial charge on any atom is 0.273 e. The third-order valence-corrected chi connectivity index (χ3v) is 6.40. The van der Waals surface area contributed by atoms with Crippen LogP contribution in [0.2, 0.25) is 0 Å². The Hall–Kier alpha value is -4.27. The van der Waals surface area contributed by atoms with Gasteiger partial charge in [0.05, 0.1) is 23.4 Å². The zero-order chi connectivity index (χ0) is 24.7. The lowest BCUT2D eigenvalue weighted by Gasteiger charge is -2.18. The van der Waals surface area contributed by atoms with Crippen molar-refractivity contribution in [2.45, 2.75) is 33.9 Å². The second-order valence-electron chi connectivity index (χ2n) is 8.75. The number of carbonyl (C=O) groups is 1. The minimum Gasteiger partial charge on any atom is -0.388 e. The number of aromatic nitrogens is 6. The van der Waals surface area contributed by atoms with Crippen LogP contribution in [0.15, 0.2) is 42.7 Å². The summed E-state index contributed by atoms with van der Waals surface area (Å²) in [5.41, 5.74) is 6.80. The van der Waals surface area contributed by atoms with Gasteiger partial charge in [-0.25, -0.2) is 9.97 Å². The van der Waals surface area contributed by atoms with Gasteiger partial charge in [-0.2, -0.15) is 10.2 Å². The highest BCUT2D eigenvalue weighted by Crippen LogP contribution is 2.30. The van der Waals surface area contributed by atoms with E-state index < -0.39 is 0 Å². The number of H-pyrrole nitrogens is 1. The van der Waals surface area contributed by atoms with Crippen molar-refractivity contribution < 1.29 is 4.79 Å². The number of aryl methyl sites for hydroxylation is 2. The van der Waals surface area contributed by atoms with Crippen molar-refractivity contribution >= 4 is 33.4 Å². The van der Waals surface area contributed by atoms with Crippen LogP contribution in [0.25, 0.3) is 33.2 Å². The Morgan fingerprint density at radius 2 is 1.94 bits per heavy atom. The summed E-state index contributed by atoms with van der Waals surface area (Å²) in [4.78, 5) is 25.0. The second-order valence-corrected chi connectivity index (χ2v) is 8.75. The molecule has 0 aliphatic heterocycles. The fraction of sp³-hybridized carbons (Fsp3) is 0.269. The van der Waals surface area contributed by atoms with Gasteiger partial charge in [-0.05, 0) is 45.0 Å². The number of carbonyl (C=O) groups excluding carboxylic acids is 1. The molecule has 3 aromatic heterocycles. The SMILES string of the molecule is CCn1ncc(CN(C)C(=O)c2nc(-c3cc(NC)c4cn[nH]c4c3)nc3ccc(C)cc23)c1C. The molecule has 0 saturated heterocycles. The average Bonchev–Trinajstić information content (AvgIpc) is 3.48. The van der Waals surface area contributed by atoms with E-state index in [2.05, 4.69) is 27.5 Å². The molecule has 0 aliphatic rings. The quantitative estimate of drug-likeness (QED) is 0.385. The molecule has 0 atom stereocenters. The van der Waals surface area contributed by atoms with Gasteiger partial charge < -0.3 is 10.2 Å². The number of hydrogen-bond acceptors (Lipinski definition) is 6. The molecule has 178 valence electrons. The summed E-state index contributed by atoms with van der Waals surface area (Å²) in [7, 11) is 3.66. The van der Waals surface area contributed by atoms with Crippen LogP contribution in [-0.2, 0) is 13.1 Å². The summed E-state index contributed by atoms with van der Waals surface area (Å²) in [5, 5.41) is 16.5. The Kier molecular flexibility index (Phi) is 5.68. The summed E-state index contributed by atoms with van der Waals surface area (Å²) in [6.07, 6.45) is 3.61. The van der Waals surface area contributed by atoms with E-state index in [1.165, 1.54) is 0 Å². The first-order valence-electron chi connectivity index (χ1n) is 11.6. The van der Waals surface area contributed by atoms with Gasteiger partial charge >= 0.3 is 0 Å². The van der Waals surface area contributed by atoms with Gasteiger partial charge in [-0.15, -0.1) is 0 Å². The molecular formula is C26H28N8O. The van der Waals surface area contributed by atoms with Crippen molar-refractivity contribution in [3.05, 3.63) is 65.2 Å². The Balaban J connectivity index is 1.61. The molecule has 3 heterocycles. The summed E-state index contributed by atoms with van der Waals surface area (Å²) in [6, 6.07) is 9.84. The number of rotatable bonds is 6. The molecule has 2 N–H and O–H groups in total. The Bertz CT molecular complexity index is 1560. The number of benzene rings is 2. The molecule has 9 nitrogen and oxygen atoms in total. The van der Waals surface area contributed by atoms with E-state index in [9.17, 15) is 4.79 Å². The third-order valence-electron chi connectivity index (χ3n) is 6.40. The number of amides is 1. The van der Waals surface area contributed by atoms with Crippen molar-refractivity contribution in [1.82, 2.24) is 34.8 Å². The van der Waals surface area contributed by atoms with Crippen LogP contribution in [0.5, 0.6) is 0 Å². The standard InChI is InChI=1S/C26H28N8O/c1-6-34-16(3)18(12-29-34)14-33(5)26(35)24-19-9-15(2)7-8-21(19)30-25(31-24)17-10-22(27-4)20-13-28-32-23(20)11-17/h7-13,27H,6,14H2,1-5H3,(H,28,32). The minimum atomic E-state index is -0.163. The van der Waals surface area contributed by atoms with E-state index in [1.54, 1.807) is 18.1 Å². The fourth-order valence-corrected chi connectivity index (χ4v) is 4.39. The number of hydrogen-bond donors (Lipinski definition) is 2. The molecule has 0 radical (unpaired) electrons. The van der Waals surface area contributed by atoms with Crippen molar-refractivity contribution in [3.63, 3.8) is 0 Å². The molecule has 5 aromatic rings. The molecule has 0 aliphatic carbocycles. The Morgan fingerprint density at radius 1 is 1.11 bits per heavy atom. The number of anilines is 1. The van der Waals surface area contributed by atoms with E-state index in [0.717, 1.165) is 56.4 Å². The van der Waals surface area contributed by atoms with Crippen LogP contribution in [-0.4, -0.2) is 54.8 Å². The van der Waals surface area contributed by atoms with Crippen LogP contribution in [0, 0.1) is 13.8 Å². The monoisotopic (exact) mass is 468 g/mol. The van der Waals surface area contributed by atoms with Crippen molar-refractivity contribution in [2.24, 2.45) is 0 Å². The van der Waals surface area contributed by atoms with Gasteiger partial charge in [0.15, 0.2) is 5.82 Å². The minimum absolute atomic E-state index is 0.163. The molecule has 0 spiro atoms. The lowest BCUT2D eigenvalue weighted by Crippen LogP contribution is -2.28. The van der Waals surface area contributed by atoms with Crippen LogP contribution >= 0.6 is 0 Å². The van der Waals surface area contributed by atoms with E-state index in [1.807, 2.05) is 62.1 Å².